The zero-order chi connectivity index (χ0) is 13.3. The van der Waals surface area contributed by atoms with Crippen LogP contribution in [0.25, 0.3) is 0 Å². The highest BCUT2D eigenvalue weighted by atomic mass is 14.9. The first-order valence-electron chi connectivity index (χ1n) is 7.95. The van der Waals surface area contributed by atoms with Gasteiger partial charge in [0.15, 0.2) is 0 Å². The van der Waals surface area contributed by atoms with Crippen molar-refractivity contribution in [2.24, 2.45) is 5.41 Å². The van der Waals surface area contributed by atoms with Crippen LogP contribution in [0.1, 0.15) is 69.4 Å². The molecule has 1 heteroatoms. The number of hydrogen-bond donors (Lipinski definition) is 1. The van der Waals surface area contributed by atoms with E-state index in [0.717, 1.165) is 18.5 Å². The third-order valence-corrected chi connectivity index (χ3v) is 4.96. The van der Waals surface area contributed by atoms with Crippen molar-refractivity contribution in [1.29, 1.82) is 0 Å². The van der Waals surface area contributed by atoms with Gasteiger partial charge in [-0.05, 0) is 61.0 Å². The van der Waals surface area contributed by atoms with Crippen molar-refractivity contribution in [2.45, 2.75) is 70.9 Å². The third kappa shape index (κ3) is 3.60. The zero-order valence-electron chi connectivity index (χ0n) is 12.4. The van der Waals surface area contributed by atoms with Gasteiger partial charge in [-0.2, -0.15) is 0 Å². The maximum Gasteiger partial charge on any atom is 0.0208 e. The molecular formula is C18H27N. The molecule has 0 unspecified atom stereocenters. The second-order valence-corrected chi connectivity index (χ2v) is 7.34. The molecule has 0 amide bonds. The van der Waals surface area contributed by atoms with Gasteiger partial charge in [0.25, 0.3) is 0 Å². The summed E-state index contributed by atoms with van der Waals surface area (Å²) in [4.78, 5) is 0. The maximum absolute atomic E-state index is 3.74. The van der Waals surface area contributed by atoms with Crippen LogP contribution in [0.5, 0.6) is 0 Å². The largest absolute Gasteiger partial charge is 0.310 e. The van der Waals surface area contributed by atoms with Gasteiger partial charge in [-0.15, -0.1) is 0 Å². The van der Waals surface area contributed by atoms with Crippen LogP contribution in [0, 0.1) is 5.41 Å². The van der Waals surface area contributed by atoms with E-state index in [9.17, 15) is 0 Å². The van der Waals surface area contributed by atoms with Gasteiger partial charge in [-0.25, -0.2) is 0 Å². The fourth-order valence-electron chi connectivity index (χ4n) is 3.19. The summed E-state index contributed by atoms with van der Waals surface area (Å²) in [5.41, 5.74) is 3.56. The van der Waals surface area contributed by atoms with Gasteiger partial charge < -0.3 is 5.32 Å². The van der Waals surface area contributed by atoms with E-state index in [1.807, 2.05) is 0 Å². The minimum atomic E-state index is 0.574. The van der Waals surface area contributed by atoms with Crippen LogP contribution in [-0.2, 0) is 6.54 Å². The summed E-state index contributed by atoms with van der Waals surface area (Å²) in [7, 11) is 0. The summed E-state index contributed by atoms with van der Waals surface area (Å²) < 4.78 is 0. The van der Waals surface area contributed by atoms with Crippen LogP contribution in [0.2, 0.25) is 0 Å². The van der Waals surface area contributed by atoms with Gasteiger partial charge in [-0.1, -0.05) is 38.1 Å². The Labute approximate surface area is 117 Å². The molecule has 0 radical (unpaired) electrons. The lowest BCUT2D eigenvalue weighted by Gasteiger charge is -2.34. The Bertz CT molecular complexity index is 404. The van der Waals surface area contributed by atoms with E-state index in [1.54, 1.807) is 5.56 Å². The molecule has 2 saturated carbocycles. The molecule has 2 aliphatic rings. The van der Waals surface area contributed by atoms with Gasteiger partial charge in [0, 0.05) is 12.6 Å². The normalized spacial score (nSPS) is 23.5. The summed E-state index contributed by atoms with van der Waals surface area (Å²) in [5.74, 6) is 0.877. The molecule has 1 N–H and O–H groups in total. The minimum Gasteiger partial charge on any atom is -0.310 e. The quantitative estimate of drug-likeness (QED) is 0.829. The molecule has 1 aromatic carbocycles. The van der Waals surface area contributed by atoms with Crippen molar-refractivity contribution in [3.63, 3.8) is 0 Å². The lowest BCUT2D eigenvalue weighted by atomic mass is 9.75. The van der Waals surface area contributed by atoms with Crippen LogP contribution in [0.3, 0.4) is 0 Å². The summed E-state index contributed by atoms with van der Waals surface area (Å²) in [6.45, 7) is 5.84. The Kier molecular flexibility index (Phi) is 3.66. The molecule has 1 nitrogen and oxygen atoms in total. The molecule has 3 rings (SSSR count). The third-order valence-electron chi connectivity index (χ3n) is 4.96. The highest BCUT2D eigenvalue weighted by molar-refractivity contribution is 5.28. The average Bonchev–Trinajstić information content (AvgIpc) is 3.23. The Morgan fingerprint density at radius 3 is 2.21 bits per heavy atom. The summed E-state index contributed by atoms with van der Waals surface area (Å²) in [6, 6.07) is 10.0. The maximum atomic E-state index is 3.74. The van der Waals surface area contributed by atoms with E-state index in [2.05, 4.69) is 43.4 Å². The van der Waals surface area contributed by atoms with E-state index in [0.29, 0.717) is 5.41 Å². The first kappa shape index (κ1) is 13.2. The second-order valence-electron chi connectivity index (χ2n) is 7.34. The van der Waals surface area contributed by atoms with E-state index < -0.39 is 0 Å². The monoisotopic (exact) mass is 257 g/mol. The Balaban J connectivity index is 1.46. The van der Waals surface area contributed by atoms with E-state index in [1.165, 1.54) is 44.1 Å². The predicted octanol–water partition coefficient (Wildman–Crippen LogP) is 4.62. The van der Waals surface area contributed by atoms with Gasteiger partial charge in [-0.3, -0.25) is 0 Å². The van der Waals surface area contributed by atoms with Crippen molar-refractivity contribution in [2.75, 3.05) is 0 Å². The second kappa shape index (κ2) is 5.28. The SMILES string of the molecule is CC1(C)CCC(NCc2ccc(C3CC3)cc2)CC1. The summed E-state index contributed by atoms with van der Waals surface area (Å²) in [5, 5.41) is 3.74. The Hall–Kier alpha value is -0.820. The molecule has 19 heavy (non-hydrogen) atoms. The van der Waals surface area contributed by atoms with Gasteiger partial charge >= 0.3 is 0 Å². The molecule has 0 aliphatic heterocycles. The molecular weight excluding hydrogens is 230 g/mol. The van der Waals surface area contributed by atoms with Crippen LogP contribution >= 0.6 is 0 Å². The van der Waals surface area contributed by atoms with Gasteiger partial charge in [0.05, 0.1) is 0 Å². The molecule has 0 atom stereocenters. The zero-order valence-corrected chi connectivity index (χ0v) is 12.4. The molecule has 0 heterocycles. The fraction of sp³-hybridized carbons (Fsp3) is 0.667. The summed E-state index contributed by atoms with van der Waals surface area (Å²) in [6.07, 6.45) is 8.21. The van der Waals surface area contributed by atoms with Crippen molar-refractivity contribution in [1.82, 2.24) is 5.32 Å². The molecule has 0 bridgehead atoms. The van der Waals surface area contributed by atoms with Crippen LogP contribution in [0.15, 0.2) is 24.3 Å². The van der Waals surface area contributed by atoms with Crippen LogP contribution in [0.4, 0.5) is 0 Å². The molecule has 104 valence electrons. The highest BCUT2D eigenvalue weighted by Gasteiger charge is 2.26. The fourth-order valence-corrected chi connectivity index (χ4v) is 3.19. The number of nitrogens with one attached hydrogen (secondary N) is 1. The van der Waals surface area contributed by atoms with Crippen LogP contribution < -0.4 is 5.32 Å². The lowest BCUT2D eigenvalue weighted by Crippen LogP contribution is -2.35. The average molecular weight is 257 g/mol. The number of rotatable bonds is 4. The topological polar surface area (TPSA) is 12.0 Å². The number of hydrogen-bond acceptors (Lipinski definition) is 1. The lowest BCUT2D eigenvalue weighted by molar-refractivity contribution is 0.206. The van der Waals surface area contributed by atoms with E-state index >= 15 is 0 Å². The Morgan fingerprint density at radius 1 is 1.00 bits per heavy atom. The van der Waals surface area contributed by atoms with E-state index in [-0.39, 0.29) is 0 Å². The molecule has 0 saturated heterocycles. The Morgan fingerprint density at radius 2 is 1.63 bits per heavy atom. The number of benzene rings is 1. The van der Waals surface area contributed by atoms with Crippen molar-refractivity contribution in [3.8, 4) is 0 Å². The predicted molar refractivity (Wildman–Crippen MR) is 81.3 cm³/mol. The molecule has 2 fully saturated rings. The standard InChI is InChI=1S/C18H27N/c1-18(2)11-9-17(10-12-18)19-13-14-3-5-15(6-4-14)16-7-8-16/h3-6,16-17,19H,7-13H2,1-2H3. The first-order chi connectivity index (χ1) is 9.12. The first-order valence-corrected chi connectivity index (χ1v) is 7.95. The van der Waals surface area contributed by atoms with Gasteiger partial charge in [0.2, 0.25) is 0 Å². The highest BCUT2D eigenvalue weighted by Crippen LogP contribution is 2.40. The molecule has 0 aromatic heterocycles. The minimum absolute atomic E-state index is 0.574. The summed E-state index contributed by atoms with van der Waals surface area (Å²) >= 11 is 0. The van der Waals surface area contributed by atoms with Crippen molar-refractivity contribution in [3.05, 3.63) is 35.4 Å². The molecule has 2 aliphatic carbocycles. The van der Waals surface area contributed by atoms with Crippen molar-refractivity contribution >= 4 is 0 Å². The molecule has 1 aromatic rings. The van der Waals surface area contributed by atoms with Gasteiger partial charge in [0.1, 0.15) is 0 Å². The molecule has 0 spiro atoms. The van der Waals surface area contributed by atoms with Crippen molar-refractivity contribution < 1.29 is 0 Å². The van der Waals surface area contributed by atoms with Crippen LogP contribution in [-0.4, -0.2) is 6.04 Å². The smallest absolute Gasteiger partial charge is 0.0208 e. The van der Waals surface area contributed by atoms with E-state index in [4.69, 9.17) is 0 Å².